The number of hydrogen-bond donors (Lipinski definition) is 2. The van der Waals surface area contributed by atoms with Crippen molar-refractivity contribution in [1.82, 2.24) is 4.98 Å². The number of carbonyl (C=O) groups excluding carboxylic acids is 2. The Kier molecular flexibility index (Phi) is 7.96. The van der Waals surface area contributed by atoms with Crippen molar-refractivity contribution in [3.63, 3.8) is 0 Å². The summed E-state index contributed by atoms with van der Waals surface area (Å²) in [5, 5.41) is 13.1. The lowest BCUT2D eigenvalue weighted by Crippen LogP contribution is -2.51. The molecule has 0 fully saturated rings. The Morgan fingerprint density at radius 3 is 2.03 bits per heavy atom. The number of rotatable bonds is 10. The Morgan fingerprint density at radius 2 is 1.45 bits per heavy atom. The highest BCUT2D eigenvalue weighted by Crippen LogP contribution is 2.40. The minimum absolute atomic E-state index is 0.122. The van der Waals surface area contributed by atoms with E-state index in [0.29, 0.717) is 10.6 Å². The highest BCUT2D eigenvalue weighted by molar-refractivity contribution is 7.19. The lowest BCUT2D eigenvalue weighted by Gasteiger charge is -2.37. The van der Waals surface area contributed by atoms with E-state index in [1.807, 2.05) is 102 Å². The van der Waals surface area contributed by atoms with Crippen LogP contribution in [0.5, 0.6) is 0 Å². The van der Waals surface area contributed by atoms with Crippen LogP contribution < -0.4 is 0 Å². The Bertz CT molecular complexity index is 1350. The number of ketones is 2. The van der Waals surface area contributed by atoms with Crippen molar-refractivity contribution in [3.8, 4) is 0 Å². The lowest BCUT2D eigenvalue weighted by atomic mass is 9.95. The predicted octanol–water partition coefficient (Wildman–Crippen LogP) is 6.40. The van der Waals surface area contributed by atoms with E-state index in [2.05, 4.69) is 4.98 Å². The predicted molar refractivity (Wildman–Crippen MR) is 152 cm³/mol. The molecular weight excluding hydrogens is 498 g/mol. The van der Waals surface area contributed by atoms with E-state index in [-0.39, 0.29) is 30.5 Å². The number of aliphatic hydroxyl groups excluding tert-OH is 1. The molecule has 0 spiro atoms. The highest BCUT2D eigenvalue weighted by atomic mass is 32.1. The molecule has 7 heteroatoms. The molecule has 2 aromatic carbocycles. The SMILES string of the molecule is CC(C)(C)COC(OCC(C)(C)C)(C(=O)C(O)C(=O)Cc1cc2ccccc2[nH]1)c1cc2ccccc2s1. The van der Waals surface area contributed by atoms with Crippen LogP contribution in [0.2, 0.25) is 0 Å². The van der Waals surface area contributed by atoms with E-state index in [0.717, 1.165) is 21.0 Å². The Labute approximate surface area is 228 Å². The number of aliphatic hydroxyl groups is 1. The molecule has 0 aliphatic carbocycles. The number of H-pyrrole nitrogens is 1. The molecule has 1 unspecified atom stereocenters. The van der Waals surface area contributed by atoms with Gasteiger partial charge in [0.05, 0.1) is 18.1 Å². The van der Waals surface area contributed by atoms with Gasteiger partial charge in [-0.15, -0.1) is 11.3 Å². The maximum atomic E-state index is 14.2. The van der Waals surface area contributed by atoms with Crippen molar-refractivity contribution in [3.05, 3.63) is 71.2 Å². The molecule has 0 aliphatic heterocycles. The van der Waals surface area contributed by atoms with E-state index >= 15 is 0 Å². The van der Waals surface area contributed by atoms with Gasteiger partial charge < -0.3 is 19.6 Å². The number of benzene rings is 2. The Morgan fingerprint density at radius 1 is 0.868 bits per heavy atom. The van der Waals surface area contributed by atoms with Crippen LogP contribution in [-0.2, 0) is 31.3 Å². The van der Waals surface area contributed by atoms with Crippen LogP contribution in [0.4, 0.5) is 0 Å². The van der Waals surface area contributed by atoms with E-state index in [1.54, 1.807) is 0 Å². The first-order valence-corrected chi connectivity index (χ1v) is 13.7. The van der Waals surface area contributed by atoms with E-state index in [9.17, 15) is 14.7 Å². The average Bonchev–Trinajstić information content (AvgIpc) is 3.46. The maximum Gasteiger partial charge on any atom is 0.269 e. The fourth-order valence-corrected chi connectivity index (χ4v) is 5.23. The average molecular weight is 536 g/mol. The van der Waals surface area contributed by atoms with Crippen LogP contribution in [0.3, 0.4) is 0 Å². The van der Waals surface area contributed by atoms with E-state index in [1.165, 1.54) is 11.3 Å². The number of Topliss-reactive ketones (excluding diaryl/α,β-unsaturated/α-hetero) is 2. The van der Waals surface area contributed by atoms with Gasteiger partial charge in [0.15, 0.2) is 11.9 Å². The molecule has 6 nitrogen and oxygen atoms in total. The molecule has 2 aromatic heterocycles. The minimum Gasteiger partial charge on any atom is -0.377 e. The van der Waals surface area contributed by atoms with Gasteiger partial charge in [-0.25, -0.2) is 0 Å². The van der Waals surface area contributed by atoms with Gasteiger partial charge in [0.25, 0.3) is 5.79 Å². The van der Waals surface area contributed by atoms with Gasteiger partial charge >= 0.3 is 0 Å². The molecule has 2 N–H and O–H groups in total. The molecule has 38 heavy (non-hydrogen) atoms. The topological polar surface area (TPSA) is 88.6 Å². The maximum absolute atomic E-state index is 14.2. The number of thiophene rings is 1. The fourth-order valence-electron chi connectivity index (χ4n) is 4.07. The minimum atomic E-state index is -1.93. The summed E-state index contributed by atoms with van der Waals surface area (Å²) in [7, 11) is 0. The molecule has 0 bridgehead atoms. The van der Waals surface area contributed by atoms with E-state index in [4.69, 9.17) is 9.47 Å². The van der Waals surface area contributed by atoms with Gasteiger partial charge in [-0.1, -0.05) is 77.9 Å². The van der Waals surface area contributed by atoms with Crippen LogP contribution in [0.1, 0.15) is 52.1 Å². The fraction of sp³-hybridized carbons (Fsp3) is 0.419. The van der Waals surface area contributed by atoms with Crippen molar-refractivity contribution in [2.45, 2.75) is 59.9 Å². The van der Waals surface area contributed by atoms with Crippen molar-refractivity contribution in [2.75, 3.05) is 13.2 Å². The third-order valence-corrected chi connectivity index (χ3v) is 7.19. The van der Waals surface area contributed by atoms with Crippen molar-refractivity contribution in [1.29, 1.82) is 0 Å². The monoisotopic (exact) mass is 535 g/mol. The van der Waals surface area contributed by atoms with Crippen LogP contribution in [-0.4, -0.2) is 41.0 Å². The molecule has 4 rings (SSSR count). The summed E-state index contributed by atoms with van der Waals surface area (Å²) >= 11 is 1.37. The second-order valence-corrected chi connectivity index (χ2v) is 13.3. The summed E-state index contributed by atoms with van der Waals surface area (Å²) in [6.45, 7) is 12.3. The van der Waals surface area contributed by atoms with Gasteiger partial charge in [-0.05, 0) is 45.9 Å². The smallest absolute Gasteiger partial charge is 0.269 e. The number of carbonyl (C=O) groups is 2. The molecule has 2 heterocycles. The van der Waals surface area contributed by atoms with E-state index < -0.39 is 23.5 Å². The second-order valence-electron chi connectivity index (χ2n) is 12.3. The number of ether oxygens (including phenoxy) is 2. The number of nitrogens with one attached hydrogen (secondary N) is 1. The summed E-state index contributed by atoms with van der Waals surface area (Å²) in [4.78, 5) is 31.1. The summed E-state index contributed by atoms with van der Waals surface area (Å²) in [6.07, 6.45) is -2.05. The van der Waals surface area contributed by atoms with Gasteiger partial charge in [-0.3, -0.25) is 9.59 Å². The van der Waals surface area contributed by atoms with Crippen molar-refractivity contribution in [2.24, 2.45) is 10.8 Å². The molecule has 0 amide bonds. The summed E-state index contributed by atoms with van der Waals surface area (Å²) < 4.78 is 13.7. The number of hydrogen-bond acceptors (Lipinski definition) is 6. The van der Waals surface area contributed by atoms with Gasteiger partial charge in [-0.2, -0.15) is 0 Å². The normalized spacial score (nSPS) is 13.8. The molecule has 1 atom stereocenters. The number of aromatic amines is 1. The van der Waals surface area contributed by atoms with Crippen LogP contribution in [0.25, 0.3) is 21.0 Å². The number of para-hydroxylation sites is 1. The first-order chi connectivity index (χ1) is 17.8. The molecule has 202 valence electrons. The lowest BCUT2D eigenvalue weighted by molar-refractivity contribution is -0.254. The summed E-state index contributed by atoms with van der Waals surface area (Å²) in [5.41, 5.74) is 0.915. The van der Waals surface area contributed by atoms with Gasteiger partial charge in [0.1, 0.15) is 0 Å². The zero-order chi connectivity index (χ0) is 27.7. The Hall–Kier alpha value is -2.84. The first-order valence-electron chi connectivity index (χ1n) is 12.9. The first kappa shape index (κ1) is 28.2. The van der Waals surface area contributed by atoms with Gasteiger partial charge in [0, 0.05) is 22.3 Å². The van der Waals surface area contributed by atoms with Crippen LogP contribution in [0.15, 0.2) is 60.7 Å². The highest BCUT2D eigenvalue weighted by Gasteiger charge is 2.50. The Balaban J connectivity index is 1.73. The van der Waals surface area contributed by atoms with Crippen molar-refractivity contribution < 1.29 is 24.2 Å². The molecular formula is C31H37NO5S. The zero-order valence-corrected chi connectivity index (χ0v) is 23.8. The summed E-state index contributed by atoms with van der Waals surface area (Å²) in [5.74, 6) is -3.36. The van der Waals surface area contributed by atoms with Gasteiger partial charge in [0.2, 0.25) is 5.78 Å². The number of aromatic nitrogens is 1. The molecule has 0 saturated heterocycles. The molecule has 0 saturated carbocycles. The molecule has 4 aromatic rings. The van der Waals surface area contributed by atoms with Crippen molar-refractivity contribution >= 4 is 43.9 Å². The third kappa shape index (κ3) is 6.41. The van der Waals surface area contributed by atoms with Crippen LogP contribution >= 0.6 is 11.3 Å². The zero-order valence-electron chi connectivity index (χ0n) is 23.0. The van der Waals surface area contributed by atoms with Crippen LogP contribution in [0, 0.1) is 10.8 Å². The molecule has 0 aliphatic rings. The number of fused-ring (bicyclic) bond motifs is 2. The standard InChI is InChI=1S/C31H37NO5S/c1-29(2,3)18-36-31(37-19-30(4,5)6,26-16-21-12-8-10-14-25(21)38-26)28(35)27(34)24(33)17-22-15-20-11-7-9-13-23(20)32-22/h7-16,27,32,34H,17-19H2,1-6H3. The second kappa shape index (κ2) is 10.7. The quantitative estimate of drug-likeness (QED) is 0.181. The third-order valence-electron chi connectivity index (χ3n) is 5.99. The molecule has 0 radical (unpaired) electrons. The summed E-state index contributed by atoms with van der Waals surface area (Å²) in [6, 6.07) is 19.2. The largest absolute Gasteiger partial charge is 0.377 e.